The van der Waals surface area contributed by atoms with Crippen molar-refractivity contribution < 1.29 is 32.3 Å². The number of aromatic nitrogens is 1. The fourth-order valence-corrected chi connectivity index (χ4v) is 2.20. The predicted molar refractivity (Wildman–Crippen MR) is 97.7 cm³/mol. The molecule has 2 heterocycles. The fraction of sp³-hybridized carbons (Fsp3) is 0.588. The number of hydrogen-bond acceptors (Lipinski definition) is 6. The second kappa shape index (κ2) is 11.5. The number of rotatable bonds is 8. The molecule has 0 aromatic carbocycles. The van der Waals surface area contributed by atoms with Gasteiger partial charge in [-0.05, 0) is 18.6 Å². The number of amides is 1. The van der Waals surface area contributed by atoms with Crippen molar-refractivity contribution in [3.63, 3.8) is 0 Å². The smallest absolute Gasteiger partial charge is 0.475 e. The monoisotopic (exact) mass is 423 g/mol. The molecule has 4 N–H and O–H groups in total. The Kier molecular flexibility index (Phi) is 9.75. The Balaban J connectivity index is 0.000000516. The second-order valence-corrected chi connectivity index (χ2v) is 6.26. The summed E-state index contributed by atoms with van der Waals surface area (Å²) in [5.41, 5.74) is 3.16. The summed E-state index contributed by atoms with van der Waals surface area (Å²) in [5.74, 6) is -3.26. The molecule has 0 aliphatic carbocycles. The molecule has 0 saturated carbocycles. The van der Waals surface area contributed by atoms with E-state index in [9.17, 15) is 22.4 Å². The molecule has 0 atom stereocenters. The van der Waals surface area contributed by atoms with Gasteiger partial charge in [-0.15, -0.1) is 0 Å². The lowest BCUT2D eigenvalue weighted by Gasteiger charge is -2.27. The van der Waals surface area contributed by atoms with Crippen molar-refractivity contribution in [1.82, 2.24) is 20.7 Å². The standard InChI is InChI=1S/C15H24FN5O.C2HF3O2/c1-3-7-21(4-2)20-15(22)13-6-5-12(14(16)19-13)18-10-11-8-17-9-11;3-2(4,5)1(6)7/h5-6,11,17-18H,3-4,7-10H2,1-2H3,(H,20,22);(H,6,7). The number of carbonyl (C=O) groups excluding carboxylic acids is 1. The van der Waals surface area contributed by atoms with Crippen LogP contribution in [0.15, 0.2) is 12.1 Å². The lowest BCUT2D eigenvalue weighted by Crippen LogP contribution is -2.45. The number of nitrogens with one attached hydrogen (secondary N) is 3. The van der Waals surface area contributed by atoms with Crippen molar-refractivity contribution in [2.75, 3.05) is 38.0 Å². The van der Waals surface area contributed by atoms with Gasteiger partial charge in [0.05, 0.1) is 5.69 Å². The van der Waals surface area contributed by atoms with Crippen LogP contribution in [-0.4, -0.2) is 65.9 Å². The molecule has 1 aromatic rings. The van der Waals surface area contributed by atoms with Gasteiger partial charge in [0.1, 0.15) is 5.69 Å². The molecule has 164 valence electrons. The molecule has 0 spiro atoms. The van der Waals surface area contributed by atoms with Crippen molar-refractivity contribution in [2.24, 2.45) is 5.92 Å². The molecule has 1 saturated heterocycles. The number of halogens is 4. The van der Waals surface area contributed by atoms with E-state index in [2.05, 4.69) is 21.0 Å². The van der Waals surface area contributed by atoms with Gasteiger partial charge in [-0.2, -0.15) is 17.6 Å². The predicted octanol–water partition coefficient (Wildman–Crippen LogP) is 1.86. The quantitative estimate of drug-likeness (QED) is 0.287. The average molecular weight is 423 g/mol. The minimum atomic E-state index is -5.08. The van der Waals surface area contributed by atoms with E-state index in [1.807, 2.05) is 13.8 Å². The van der Waals surface area contributed by atoms with Crippen LogP contribution in [-0.2, 0) is 4.79 Å². The summed E-state index contributed by atoms with van der Waals surface area (Å²) >= 11 is 0. The lowest BCUT2D eigenvalue weighted by molar-refractivity contribution is -0.192. The van der Waals surface area contributed by atoms with Crippen LogP contribution in [0, 0.1) is 11.9 Å². The maximum absolute atomic E-state index is 14.0. The molecule has 1 aromatic heterocycles. The number of nitrogens with zero attached hydrogens (tertiary/aromatic N) is 2. The van der Waals surface area contributed by atoms with Gasteiger partial charge in [0.15, 0.2) is 0 Å². The largest absolute Gasteiger partial charge is 0.490 e. The molecular weight excluding hydrogens is 398 g/mol. The van der Waals surface area contributed by atoms with Crippen molar-refractivity contribution >= 4 is 17.6 Å². The third kappa shape index (κ3) is 8.60. The fourth-order valence-electron chi connectivity index (χ4n) is 2.20. The SMILES string of the molecule is CCCN(CC)NC(=O)c1ccc(NCC2CNC2)c(F)n1.O=C(O)C(F)(F)F. The van der Waals surface area contributed by atoms with Crippen LogP contribution >= 0.6 is 0 Å². The minimum absolute atomic E-state index is 0.0860. The van der Waals surface area contributed by atoms with Crippen LogP contribution in [0.2, 0.25) is 0 Å². The zero-order chi connectivity index (χ0) is 22.0. The first-order valence-electron chi connectivity index (χ1n) is 9.05. The summed E-state index contributed by atoms with van der Waals surface area (Å²) in [6.07, 6.45) is -4.16. The summed E-state index contributed by atoms with van der Waals surface area (Å²) in [7, 11) is 0. The molecule has 1 amide bonds. The van der Waals surface area contributed by atoms with Gasteiger partial charge in [0.2, 0.25) is 5.95 Å². The van der Waals surface area contributed by atoms with Crippen LogP contribution in [0.5, 0.6) is 0 Å². The Morgan fingerprint density at radius 1 is 1.31 bits per heavy atom. The highest BCUT2D eigenvalue weighted by Crippen LogP contribution is 2.14. The minimum Gasteiger partial charge on any atom is -0.475 e. The Hall–Kier alpha value is -2.47. The molecular formula is C17H25F4N5O3. The molecule has 12 heteroatoms. The van der Waals surface area contributed by atoms with E-state index in [0.29, 0.717) is 24.7 Å². The Labute approximate surface area is 165 Å². The van der Waals surface area contributed by atoms with E-state index in [1.165, 1.54) is 0 Å². The first-order chi connectivity index (χ1) is 13.6. The zero-order valence-electron chi connectivity index (χ0n) is 16.1. The van der Waals surface area contributed by atoms with Crippen LogP contribution < -0.4 is 16.1 Å². The molecule has 1 aliphatic rings. The van der Waals surface area contributed by atoms with Gasteiger partial charge in [-0.1, -0.05) is 13.8 Å². The van der Waals surface area contributed by atoms with E-state index >= 15 is 0 Å². The number of aliphatic carboxylic acids is 1. The number of carboxylic acid groups (broad SMARTS) is 1. The van der Waals surface area contributed by atoms with Crippen molar-refractivity contribution in [2.45, 2.75) is 26.4 Å². The number of alkyl halides is 3. The van der Waals surface area contributed by atoms with Crippen LogP contribution in [0.25, 0.3) is 0 Å². The summed E-state index contributed by atoms with van der Waals surface area (Å²) in [5, 5.41) is 15.1. The number of hydrazine groups is 1. The van der Waals surface area contributed by atoms with E-state index in [4.69, 9.17) is 9.90 Å². The van der Waals surface area contributed by atoms with Crippen molar-refractivity contribution in [1.29, 1.82) is 0 Å². The number of pyridine rings is 1. The first kappa shape index (κ1) is 24.6. The molecule has 29 heavy (non-hydrogen) atoms. The van der Waals surface area contributed by atoms with E-state index in [-0.39, 0.29) is 11.6 Å². The Morgan fingerprint density at radius 3 is 2.34 bits per heavy atom. The zero-order valence-corrected chi connectivity index (χ0v) is 16.1. The number of anilines is 1. The highest BCUT2D eigenvalue weighted by molar-refractivity contribution is 5.92. The number of hydrogen-bond donors (Lipinski definition) is 4. The third-order valence-corrected chi connectivity index (χ3v) is 3.91. The van der Waals surface area contributed by atoms with Crippen molar-refractivity contribution in [3.05, 3.63) is 23.8 Å². The van der Waals surface area contributed by atoms with E-state index < -0.39 is 18.1 Å². The van der Waals surface area contributed by atoms with Gasteiger partial charge in [-0.3, -0.25) is 10.2 Å². The van der Waals surface area contributed by atoms with Gasteiger partial charge in [0, 0.05) is 38.6 Å². The van der Waals surface area contributed by atoms with Crippen molar-refractivity contribution in [3.8, 4) is 0 Å². The normalized spacial score (nSPS) is 13.9. The lowest BCUT2D eigenvalue weighted by atomic mass is 10.0. The highest BCUT2D eigenvalue weighted by Gasteiger charge is 2.38. The van der Waals surface area contributed by atoms with Crippen LogP contribution in [0.1, 0.15) is 30.8 Å². The maximum Gasteiger partial charge on any atom is 0.490 e. The molecule has 1 fully saturated rings. The number of carboxylic acids is 1. The maximum atomic E-state index is 14.0. The average Bonchev–Trinajstić information content (AvgIpc) is 2.60. The first-order valence-corrected chi connectivity index (χ1v) is 9.05. The summed E-state index contributed by atoms with van der Waals surface area (Å²) < 4.78 is 45.7. The van der Waals surface area contributed by atoms with E-state index in [1.54, 1.807) is 17.1 Å². The van der Waals surface area contributed by atoms with Gasteiger partial charge < -0.3 is 15.7 Å². The van der Waals surface area contributed by atoms with Gasteiger partial charge in [0.25, 0.3) is 5.91 Å². The molecule has 0 radical (unpaired) electrons. The van der Waals surface area contributed by atoms with Crippen LogP contribution in [0.4, 0.5) is 23.2 Å². The van der Waals surface area contributed by atoms with Gasteiger partial charge >= 0.3 is 12.1 Å². The summed E-state index contributed by atoms with van der Waals surface area (Å²) in [6, 6.07) is 3.11. The third-order valence-electron chi connectivity index (χ3n) is 3.91. The number of carbonyl (C=O) groups is 2. The molecule has 2 rings (SSSR count). The summed E-state index contributed by atoms with van der Waals surface area (Å²) in [4.78, 5) is 24.7. The van der Waals surface area contributed by atoms with Crippen LogP contribution in [0.3, 0.4) is 0 Å². The second-order valence-electron chi connectivity index (χ2n) is 6.26. The highest BCUT2D eigenvalue weighted by atomic mass is 19.4. The molecule has 8 nitrogen and oxygen atoms in total. The topological polar surface area (TPSA) is 107 Å². The molecule has 0 unspecified atom stereocenters. The molecule has 0 bridgehead atoms. The summed E-state index contributed by atoms with van der Waals surface area (Å²) in [6.45, 7) is 8.03. The van der Waals surface area contributed by atoms with Gasteiger partial charge in [-0.25, -0.2) is 14.8 Å². The molecule has 1 aliphatic heterocycles. The Bertz CT molecular complexity index is 684. The Morgan fingerprint density at radius 2 is 1.93 bits per heavy atom. The van der Waals surface area contributed by atoms with E-state index in [0.717, 1.165) is 26.1 Å².